The molecule has 1 saturated carbocycles. The van der Waals surface area contributed by atoms with Crippen LogP contribution in [-0.4, -0.2) is 16.9 Å². The molecule has 0 bridgehead atoms. The van der Waals surface area contributed by atoms with E-state index < -0.39 is 0 Å². The fourth-order valence-electron chi connectivity index (χ4n) is 1.62. The van der Waals surface area contributed by atoms with Gasteiger partial charge in [0.1, 0.15) is 5.82 Å². The number of carbonyl (C=O) groups is 1. The number of thiophene rings is 1. The molecule has 3 rings (SSSR count). The molecule has 0 atom stereocenters. The molecular formula is C13H12BrN3OS. The predicted octanol–water partition coefficient (Wildman–Crippen LogP) is 3.73. The summed E-state index contributed by atoms with van der Waals surface area (Å²) in [6, 6.07) is 7.98. The standard InChI is InChI=1S/C13H12BrN3OS/c14-11-5-4-10(19-11)13(18)17-9-3-6-12(15-7-9)16-8-1-2-8/h3-8H,1-2H2,(H,15,16)(H,17,18). The Kier molecular flexibility index (Phi) is 3.52. The van der Waals surface area contributed by atoms with Gasteiger partial charge in [-0.3, -0.25) is 4.79 Å². The van der Waals surface area contributed by atoms with Crippen LogP contribution in [0.25, 0.3) is 0 Å². The molecule has 98 valence electrons. The zero-order valence-corrected chi connectivity index (χ0v) is 12.4. The molecule has 2 N–H and O–H groups in total. The van der Waals surface area contributed by atoms with Crippen LogP contribution in [0.15, 0.2) is 34.2 Å². The molecule has 4 nitrogen and oxygen atoms in total. The second-order valence-electron chi connectivity index (χ2n) is 4.41. The van der Waals surface area contributed by atoms with Gasteiger partial charge < -0.3 is 10.6 Å². The van der Waals surface area contributed by atoms with Crippen molar-refractivity contribution in [1.82, 2.24) is 4.98 Å². The summed E-state index contributed by atoms with van der Waals surface area (Å²) in [5, 5.41) is 6.13. The van der Waals surface area contributed by atoms with E-state index in [9.17, 15) is 4.79 Å². The first-order valence-corrected chi connectivity index (χ1v) is 7.61. The van der Waals surface area contributed by atoms with Crippen LogP contribution in [-0.2, 0) is 0 Å². The number of hydrogen-bond acceptors (Lipinski definition) is 4. The summed E-state index contributed by atoms with van der Waals surface area (Å²) < 4.78 is 0.944. The Balaban J connectivity index is 1.64. The summed E-state index contributed by atoms with van der Waals surface area (Å²) in [6.45, 7) is 0. The highest BCUT2D eigenvalue weighted by Crippen LogP contribution is 2.25. The van der Waals surface area contributed by atoms with Crippen LogP contribution >= 0.6 is 27.3 Å². The molecule has 0 saturated heterocycles. The Morgan fingerprint density at radius 3 is 2.74 bits per heavy atom. The second-order valence-corrected chi connectivity index (χ2v) is 6.87. The number of amides is 1. The molecule has 19 heavy (non-hydrogen) atoms. The minimum absolute atomic E-state index is 0.111. The lowest BCUT2D eigenvalue weighted by atomic mass is 10.3. The molecular weight excluding hydrogens is 326 g/mol. The average molecular weight is 338 g/mol. The van der Waals surface area contributed by atoms with Gasteiger partial charge in [0.05, 0.1) is 20.5 Å². The summed E-state index contributed by atoms with van der Waals surface area (Å²) in [5.74, 6) is 0.750. The minimum Gasteiger partial charge on any atom is -0.367 e. The third kappa shape index (κ3) is 3.33. The summed E-state index contributed by atoms with van der Waals surface area (Å²) in [5.41, 5.74) is 0.705. The van der Waals surface area contributed by atoms with Gasteiger partial charge in [0.15, 0.2) is 0 Å². The van der Waals surface area contributed by atoms with E-state index in [0.717, 1.165) is 9.60 Å². The highest BCUT2D eigenvalue weighted by Gasteiger charge is 2.21. The maximum Gasteiger partial charge on any atom is 0.265 e. The topological polar surface area (TPSA) is 54.0 Å². The summed E-state index contributed by atoms with van der Waals surface area (Å²) in [7, 11) is 0. The largest absolute Gasteiger partial charge is 0.367 e. The number of rotatable bonds is 4. The number of nitrogens with zero attached hydrogens (tertiary/aromatic N) is 1. The molecule has 2 aromatic rings. The molecule has 0 spiro atoms. The van der Waals surface area contributed by atoms with Crippen LogP contribution in [0.1, 0.15) is 22.5 Å². The molecule has 6 heteroatoms. The van der Waals surface area contributed by atoms with E-state index in [2.05, 4.69) is 31.5 Å². The number of nitrogens with one attached hydrogen (secondary N) is 2. The van der Waals surface area contributed by atoms with Gasteiger partial charge >= 0.3 is 0 Å². The lowest BCUT2D eigenvalue weighted by molar-refractivity contribution is 0.103. The normalized spacial score (nSPS) is 14.2. The summed E-state index contributed by atoms with van der Waals surface area (Å²) in [4.78, 5) is 16.9. The van der Waals surface area contributed by atoms with E-state index in [1.54, 1.807) is 12.3 Å². The molecule has 2 heterocycles. The van der Waals surface area contributed by atoms with Crippen LogP contribution in [0.2, 0.25) is 0 Å². The van der Waals surface area contributed by atoms with Gasteiger partial charge in [-0.15, -0.1) is 11.3 Å². The van der Waals surface area contributed by atoms with Crippen molar-refractivity contribution in [3.8, 4) is 0 Å². The zero-order chi connectivity index (χ0) is 13.2. The first kappa shape index (κ1) is 12.6. The number of hydrogen-bond donors (Lipinski definition) is 2. The number of aromatic nitrogens is 1. The van der Waals surface area contributed by atoms with Crippen molar-refractivity contribution in [3.63, 3.8) is 0 Å². The molecule has 2 aromatic heterocycles. The van der Waals surface area contributed by atoms with Crippen LogP contribution in [0.3, 0.4) is 0 Å². The fraction of sp³-hybridized carbons (Fsp3) is 0.231. The third-order valence-corrected chi connectivity index (χ3v) is 4.37. The van der Waals surface area contributed by atoms with Gasteiger partial charge in [-0.2, -0.15) is 0 Å². The maximum atomic E-state index is 11.9. The van der Waals surface area contributed by atoms with Crippen LogP contribution in [0.4, 0.5) is 11.5 Å². The molecule has 1 aliphatic carbocycles. The molecule has 1 fully saturated rings. The Morgan fingerprint density at radius 2 is 2.16 bits per heavy atom. The number of anilines is 2. The fourth-order valence-corrected chi connectivity index (χ4v) is 2.90. The Labute approximate surface area is 123 Å². The van der Waals surface area contributed by atoms with Crippen molar-refractivity contribution < 1.29 is 4.79 Å². The van der Waals surface area contributed by atoms with Crippen LogP contribution in [0.5, 0.6) is 0 Å². The van der Waals surface area contributed by atoms with E-state index in [4.69, 9.17) is 0 Å². The SMILES string of the molecule is O=C(Nc1ccc(NC2CC2)nc1)c1ccc(Br)s1. The number of pyridine rings is 1. The van der Waals surface area contributed by atoms with Gasteiger partial charge in [-0.05, 0) is 53.0 Å². The van der Waals surface area contributed by atoms with Gasteiger partial charge in [0.2, 0.25) is 0 Å². The highest BCUT2D eigenvalue weighted by atomic mass is 79.9. The van der Waals surface area contributed by atoms with Gasteiger partial charge in [-0.25, -0.2) is 4.98 Å². The molecule has 0 aliphatic heterocycles. The highest BCUT2D eigenvalue weighted by molar-refractivity contribution is 9.11. The summed E-state index contributed by atoms with van der Waals surface area (Å²) >= 11 is 4.75. The third-order valence-electron chi connectivity index (χ3n) is 2.75. The lowest BCUT2D eigenvalue weighted by Gasteiger charge is -2.06. The van der Waals surface area contributed by atoms with E-state index in [0.29, 0.717) is 16.6 Å². The van der Waals surface area contributed by atoms with Crippen molar-refractivity contribution in [3.05, 3.63) is 39.1 Å². The van der Waals surface area contributed by atoms with Crippen molar-refractivity contribution in [2.45, 2.75) is 18.9 Å². The molecule has 1 aliphatic rings. The lowest BCUT2D eigenvalue weighted by Crippen LogP contribution is -2.10. The van der Waals surface area contributed by atoms with Crippen LogP contribution < -0.4 is 10.6 Å². The Bertz CT molecular complexity index is 592. The molecule has 0 radical (unpaired) electrons. The van der Waals surface area contributed by atoms with Gasteiger partial charge in [0, 0.05) is 6.04 Å². The second kappa shape index (κ2) is 5.30. The first-order chi connectivity index (χ1) is 9.20. The van der Waals surface area contributed by atoms with E-state index in [-0.39, 0.29) is 5.91 Å². The maximum absolute atomic E-state index is 11.9. The van der Waals surface area contributed by atoms with E-state index in [1.807, 2.05) is 18.2 Å². The smallest absolute Gasteiger partial charge is 0.265 e. The number of halogens is 1. The Hall–Kier alpha value is -1.40. The predicted molar refractivity (Wildman–Crippen MR) is 80.9 cm³/mol. The Morgan fingerprint density at radius 1 is 1.32 bits per heavy atom. The van der Waals surface area contributed by atoms with Gasteiger partial charge in [-0.1, -0.05) is 0 Å². The quantitative estimate of drug-likeness (QED) is 0.893. The van der Waals surface area contributed by atoms with Crippen molar-refractivity contribution >= 4 is 44.7 Å². The molecule has 0 aromatic carbocycles. The first-order valence-electron chi connectivity index (χ1n) is 6.00. The van der Waals surface area contributed by atoms with E-state index in [1.165, 1.54) is 24.2 Å². The molecule has 1 amide bonds. The summed E-state index contributed by atoms with van der Waals surface area (Å²) in [6.07, 6.45) is 4.10. The zero-order valence-electron chi connectivity index (χ0n) is 10.0. The van der Waals surface area contributed by atoms with Crippen molar-refractivity contribution in [1.29, 1.82) is 0 Å². The monoisotopic (exact) mass is 337 g/mol. The minimum atomic E-state index is -0.111. The average Bonchev–Trinajstić information content (AvgIpc) is 3.11. The number of carbonyl (C=O) groups excluding carboxylic acids is 1. The van der Waals surface area contributed by atoms with Crippen molar-refractivity contribution in [2.75, 3.05) is 10.6 Å². The van der Waals surface area contributed by atoms with Crippen molar-refractivity contribution in [2.24, 2.45) is 0 Å². The van der Waals surface area contributed by atoms with Crippen LogP contribution in [0, 0.1) is 0 Å². The van der Waals surface area contributed by atoms with E-state index >= 15 is 0 Å². The molecule has 0 unspecified atom stereocenters. The van der Waals surface area contributed by atoms with Gasteiger partial charge in [0.25, 0.3) is 5.91 Å².